The van der Waals surface area contributed by atoms with Crippen molar-refractivity contribution in [3.8, 4) is 0 Å². The van der Waals surface area contributed by atoms with Crippen LogP contribution in [0.2, 0.25) is 0 Å². The van der Waals surface area contributed by atoms with E-state index in [1.807, 2.05) is 0 Å². The Labute approximate surface area is 138 Å². The van der Waals surface area contributed by atoms with Crippen LogP contribution in [-0.2, 0) is 11.2 Å². The molecule has 0 aliphatic carbocycles. The summed E-state index contributed by atoms with van der Waals surface area (Å²) >= 11 is 0.689. The van der Waals surface area contributed by atoms with Gasteiger partial charge in [0.2, 0.25) is 10.9 Å². The van der Waals surface area contributed by atoms with Crippen LogP contribution in [0, 0.1) is 17.6 Å². The number of ketones is 1. The number of aromatic nitrogens is 1. The first-order chi connectivity index (χ1) is 11.3. The highest BCUT2D eigenvalue weighted by Gasteiger charge is 2.41. The fourth-order valence-electron chi connectivity index (χ4n) is 2.48. The first-order valence-corrected chi connectivity index (χ1v) is 7.61. The topological polar surface area (TPSA) is 87.6 Å². The quantitative estimate of drug-likeness (QED) is 0.855. The molecule has 0 saturated heterocycles. The molecule has 6 nitrogen and oxygen atoms in total. The molecule has 1 aromatic heterocycles. The number of anilines is 1. The maximum Gasteiger partial charge on any atom is 0.365 e. The molecule has 24 heavy (non-hydrogen) atoms. The lowest BCUT2D eigenvalue weighted by Gasteiger charge is -2.26. The molecule has 124 valence electrons. The Bertz CT molecular complexity index is 880. The minimum atomic E-state index is -1.29. The Balaban J connectivity index is 1.97. The fourth-order valence-corrected chi connectivity index (χ4v) is 3.41. The Morgan fingerprint density at radius 1 is 1.33 bits per heavy atom. The number of fused-ring (bicyclic) bond motifs is 1. The number of hydrogen-bond donors (Lipinski definition) is 1. The van der Waals surface area contributed by atoms with Crippen molar-refractivity contribution in [2.75, 3.05) is 11.9 Å². The molecule has 1 N–H and O–H groups in total. The summed E-state index contributed by atoms with van der Waals surface area (Å²) in [6, 6.07) is 3.15. The maximum atomic E-state index is 13.3. The Hall–Kier alpha value is -2.68. The van der Waals surface area contributed by atoms with Gasteiger partial charge in [0.15, 0.2) is 23.2 Å². The summed E-state index contributed by atoms with van der Waals surface area (Å²) in [5, 5.41) is 8.70. The lowest BCUT2D eigenvalue weighted by Crippen LogP contribution is -2.43. The van der Waals surface area contributed by atoms with Gasteiger partial charge in [-0.3, -0.25) is 14.5 Å². The van der Waals surface area contributed by atoms with E-state index in [4.69, 9.17) is 5.11 Å². The number of carbonyl (C=O) groups excluding carboxylic acids is 2. The first-order valence-electron chi connectivity index (χ1n) is 6.79. The molecule has 0 saturated carbocycles. The van der Waals surface area contributed by atoms with Gasteiger partial charge in [-0.05, 0) is 24.1 Å². The van der Waals surface area contributed by atoms with E-state index >= 15 is 0 Å². The minimum absolute atomic E-state index is 0.00827. The third-order valence-corrected chi connectivity index (χ3v) is 4.75. The number of carboxylic acid groups (broad SMARTS) is 1. The predicted molar refractivity (Wildman–Crippen MR) is 80.4 cm³/mol. The van der Waals surface area contributed by atoms with Gasteiger partial charge in [-0.25, -0.2) is 18.6 Å². The van der Waals surface area contributed by atoms with Gasteiger partial charge < -0.3 is 5.11 Å². The zero-order chi connectivity index (χ0) is 17.6. The lowest BCUT2D eigenvalue weighted by molar-refractivity contribution is -0.121. The van der Waals surface area contributed by atoms with Gasteiger partial charge in [-0.1, -0.05) is 6.07 Å². The highest BCUT2D eigenvalue weighted by atomic mass is 32.1. The van der Waals surface area contributed by atoms with Crippen molar-refractivity contribution in [3.63, 3.8) is 0 Å². The number of Topliss-reactive ketones (excluding diaryl/α,β-unsaturated/α-hetero) is 1. The van der Waals surface area contributed by atoms with Gasteiger partial charge in [0, 0.05) is 7.05 Å². The highest BCUT2D eigenvalue weighted by Crippen LogP contribution is 2.35. The summed E-state index contributed by atoms with van der Waals surface area (Å²) in [6.07, 6.45) is -0.112. The van der Waals surface area contributed by atoms with Crippen molar-refractivity contribution in [1.29, 1.82) is 0 Å². The molecule has 9 heteroatoms. The van der Waals surface area contributed by atoms with Crippen molar-refractivity contribution in [2.45, 2.75) is 6.42 Å². The van der Waals surface area contributed by atoms with Crippen LogP contribution in [0.3, 0.4) is 0 Å². The number of hydrogen-bond acceptors (Lipinski definition) is 5. The molecule has 2 aromatic rings. The highest BCUT2D eigenvalue weighted by molar-refractivity contribution is 7.16. The summed E-state index contributed by atoms with van der Waals surface area (Å²) in [5.41, 5.74) is 0.292. The summed E-state index contributed by atoms with van der Waals surface area (Å²) in [4.78, 5) is 40.9. The first kappa shape index (κ1) is 16.2. The molecule has 1 aliphatic rings. The van der Waals surface area contributed by atoms with Crippen molar-refractivity contribution < 1.29 is 28.3 Å². The van der Waals surface area contributed by atoms with Crippen LogP contribution in [0.4, 0.5) is 14.6 Å². The standard InChI is InChI=1S/C15H10F2N2O4S/c1-19-12-11(24-13(18-12)15(22)23)10(20)7(14(19)21)4-6-2-3-8(16)9(17)5-6/h2-3,5,7H,4H2,1H3,(H,22,23). The Kier molecular flexibility index (Phi) is 3.88. The van der Waals surface area contributed by atoms with Crippen LogP contribution in [0.5, 0.6) is 0 Å². The third kappa shape index (κ3) is 2.56. The number of nitrogens with zero attached hydrogens (tertiary/aromatic N) is 2. The number of rotatable bonds is 3. The molecule has 0 bridgehead atoms. The monoisotopic (exact) mass is 352 g/mol. The van der Waals surface area contributed by atoms with Crippen LogP contribution in [0.15, 0.2) is 18.2 Å². The van der Waals surface area contributed by atoms with Gasteiger partial charge in [-0.15, -0.1) is 11.3 Å². The zero-order valence-corrected chi connectivity index (χ0v) is 13.1. The molecule has 1 amide bonds. The Morgan fingerprint density at radius 3 is 2.67 bits per heavy atom. The molecule has 1 atom stereocenters. The summed E-state index contributed by atoms with van der Waals surface area (Å²) < 4.78 is 26.3. The molecule has 0 radical (unpaired) electrons. The molecule has 3 rings (SSSR count). The van der Waals surface area contributed by atoms with Crippen LogP contribution in [0.25, 0.3) is 0 Å². The van der Waals surface area contributed by atoms with Crippen LogP contribution < -0.4 is 4.90 Å². The van der Waals surface area contributed by atoms with Crippen molar-refractivity contribution >= 4 is 34.8 Å². The summed E-state index contributed by atoms with van der Waals surface area (Å²) in [6.45, 7) is 0. The van der Waals surface area contributed by atoms with E-state index in [0.717, 1.165) is 17.0 Å². The van der Waals surface area contributed by atoms with Gasteiger partial charge >= 0.3 is 5.97 Å². The largest absolute Gasteiger partial charge is 0.476 e. The third-order valence-electron chi connectivity index (χ3n) is 3.70. The number of amides is 1. The van der Waals surface area contributed by atoms with Crippen LogP contribution in [0.1, 0.15) is 25.0 Å². The second-order valence-electron chi connectivity index (χ2n) is 5.24. The number of carbonyl (C=O) groups is 3. The molecular formula is C15H10F2N2O4S. The molecule has 0 fully saturated rings. The average Bonchev–Trinajstić information content (AvgIpc) is 2.99. The Morgan fingerprint density at radius 2 is 2.04 bits per heavy atom. The van der Waals surface area contributed by atoms with Gasteiger partial charge in [-0.2, -0.15) is 0 Å². The molecular weight excluding hydrogens is 342 g/mol. The van der Waals surface area contributed by atoms with Gasteiger partial charge in [0.05, 0.1) is 0 Å². The van der Waals surface area contributed by atoms with Crippen molar-refractivity contribution in [2.24, 2.45) is 5.92 Å². The zero-order valence-electron chi connectivity index (χ0n) is 12.2. The van der Waals surface area contributed by atoms with Gasteiger partial charge in [0.25, 0.3) is 0 Å². The molecule has 1 aromatic carbocycles. The fraction of sp³-hybridized carbons (Fsp3) is 0.200. The average molecular weight is 352 g/mol. The van der Waals surface area contributed by atoms with Crippen LogP contribution >= 0.6 is 11.3 Å². The molecule has 0 spiro atoms. The second kappa shape index (κ2) is 5.75. The predicted octanol–water partition coefficient (Wildman–Crippen LogP) is 2.14. The SMILES string of the molecule is CN1C(=O)C(Cc2ccc(F)c(F)c2)C(=O)c2sc(C(=O)O)nc21. The minimum Gasteiger partial charge on any atom is -0.476 e. The number of halogens is 2. The second-order valence-corrected chi connectivity index (χ2v) is 6.24. The van der Waals surface area contributed by atoms with Crippen LogP contribution in [-0.4, -0.2) is 34.8 Å². The van der Waals surface area contributed by atoms with E-state index in [1.54, 1.807) is 0 Å². The van der Waals surface area contributed by atoms with Crippen molar-refractivity contribution in [3.05, 3.63) is 45.3 Å². The number of benzene rings is 1. The number of thiazole rings is 1. The number of carboxylic acids is 1. The maximum absolute atomic E-state index is 13.3. The number of aromatic carboxylic acids is 1. The van der Waals surface area contributed by atoms with Gasteiger partial charge in [0.1, 0.15) is 10.8 Å². The summed E-state index contributed by atoms with van der Waals surface area (Å²) in [7, 11) is 1.39. The molecule has 2 heterocycles. The molecule has 1 unspecified atom stereocenters. The molecule has 1 aliphatic heterocycles. The lowest BCUT2D eigenvalue weighted by atomic mass is 9.90. The van der Waals surface area contributed by atoms with E-state index in [1.165, 1.54) is 13.1 Å². The normalized spacial score (nSPS) is 17.1. The van der Waals surface area contributed by atoms with E-state index in [2.05, 4.69) is 4.98 Å². The van der Waals surface area contributed by atoms with E-state index < -0.39 is 35.2 Å². The summed E-state index contributed by atoms with van der Waals surface area (Å²) in [5.74, 6) is -5.64. The van der Waals surface area contributed by atoms with Crippen molar-refractivity contribution in [1.82, 2.24) is 4.98 Å². The van der Waals surface area contributed by atoms with E-state index in [0.29, 0.717) is 16.9 Å². The van der Waals surface area contributed by atoms with E-state index in [9.17, 15) is 23.2 Å². The smallest absolute Gasteiger partial charge is 0.365 e. The van der Waals surface area contributed by atoms with E-state index in [-0.39, 0.29) is 22.1 Å².